The van der Waals surface area contributed by atoms with Crippen molar-refractivity contribution in [2.24, 2.45) is 17.8 Å². The number of carbonyl (C=O) groups is 2. The van der Waals surface area contributed by atoms with E-state index in [0.29, 0.717) is 12.3 Å². The van der Waals surface area contributed by atoms with Crippen molar-refractivity contribution in [2.75, 3.05) is 11.5 Å². The lowest BCUT2D eigenvalue weighted by atomic mass is 9.95. The van der Waals surface area contributed by atoms with Gasteiger partial charge in [0.2, 0.25) is 5.91 Å². The molecule has 4 unspecified atom stereocenters. The van der Waals surface area contributed by atoms with Gasteiger partial charge >= 0.3 is 5.97 Å². The van der Waals surface area contributed by atoms with Gasteiger partial charge in [-0.15, -0.1) is 0 Å². The molecular weight excluding hydrogens is 274 g/mol. The van der Waals surface area contributed by atoms with Crippen LogP contribution in [0.1, 0.15) is 46.5 Å². The summed E-state index contributed by atoms with van der Waals surface area (Å²) < 4.78 is 0. The fraction of sp³-hybridized carbons (Fsp3) is 0.867. The van der Waals surface area contributed by atoms with E-state index in [0.717, 1.165) is 30.8 Å². The van der Waals surface area contributed by atoms with E-state index in [1.807, 2.05) is 18.7 Å². The normalized spacial score (nSPS) is 27.2. The summed E-state index contributed by atoms with van der Waals surface area (Å²) in [5, 5.41) is 12.3. The van der Waals surface area contributed by atoms with Gasteiger partial charge in [-0.1, -0.05) is 20.3 Å². The summed E-state index contributed by atoms with van der Waals surface area (Å²) in [6, 6.07) is 0.122. The minimum absolute atomic E-state index is 0.0673. The molecule has 4 atom stereocenters. The molecule has 1 aliphatic carbocycles. The molecule has 2 N–H and O–H groups in total. The van der Waals surface area contributed by atoms with Gasteiger partial charge in [-0.05, 0) is 43.6 Å². The topological polar surface area (TPSA) is 66.4 Å². The lowest BCUT2D eigenvalue weighted by Gasteiger charge is -2.19. The zero-order valence-electron chi connectivity index (χ0n) is 12.7. The third-order valence-corrected chi connectivity index (χ3v) is 5.11. The van der Waals surface area contributed by atoms with Crippen molar-refractivity contribution in [3.63, 3.8) is 0 Å². The first kappa shape index (κ1) is 17.3. The number of carboxylic acids is 1. The maximum absolute atomic E-state index is 12.3. The number of hydrogen-bond acceptors (Lipinski definition) is 3. The summed E-state index contributed by atoms with van der Waals surface area (Å²) in [5.74, 6) is 0.747. The first-order valence-electron chi connectivity index (χ1n) is 7.60. The van der Waals surface area contributed by atoms with Gasteiger partial charge in [0.05, 0.1) is 11.8 Å². The molecule has 0 spiro atoms. The van der Waals surface area contributed by atoms with E-state index in [2.05, 4.69) is 19.2 Å². The second-order valence-electron chi connectivity index (χ2n) is 5.69. The Morgan fingerprint density at radius 3 is 2.50 bits per heavy atom. The predicted molar refractivity (Wildman–Crippen MR) is 82.9 cm³/mol. The van der Waals surface area contributed by atoms with Gasteiger partial charge < -0.3 is 10.4 Å². The molecule has 0 aromatic heterocycles. The number of amides is 1. The van der Waals surface area contributed by atoms with Gasteiger partial charge in [0, 0.05) is 6.04 Å². The minimum Gasteiger partial charge on any atom is -0.481 e. The lowest BCUT2D eigenvalue weighted by molar-refractivity contribution is -0.146. The van der Waals surface area contributed by atoms with Crippen LogP contribution in [0, 0.1) is 17.8 Å². The highest BCUT2D eigenvalue weighted by atomic mass is 32.2. The van der Waals surface area contributed by atoms with Crippen molar-refractivity contribution >= 4 is 23.6 Å². The van der Waals surface area contributed by atoms with E-state index in [-0.39, 0.29) is 17.9 Å². The average molecular weight is 301 g/mol. The van der Waals surface area contributed by atoms with Gasteiger partial charge in [-0.3, -0.25) is 9.59 Å². The fourth-order valence-electron chi connectivity index (χ4n) is 2.87. The molecule has 0 aromatic carbocycles. The fourth-order valence-corrected chi connectivity index (χ4v) is 3.67. The summed E-state index contributed by atoms with van der Waals surface area (Å²) in [6.07, 6.45) is 3.25. The Bertz CT molecular complexity index is 335. The van der Waals surface area contributed by atoms with Crippen LogP contribution in [-0.4, -0.2) is 34.5 Å². The number of carbonyl (C=O) groups excluding carboxylic acids is 1. The number of aliphatic carboxylic acids is 1. The zero-order chi connectivity index (χ0) is 15.1. The van der Waals surface area contributed by atoms with Gasteiger partial charge in [0.15, 0.2) is 0 Å². The van der Waals surface area contributed by atoms with Crippen LogP contribution in [0.4, 0.5) is 0 Å². The van der Waals surface area contributed by atoms with Crippen LogP contribution in [0.15, 0.2) is 0 Å². The van der Waals surface area contributed by atoms with E-state index in [4.69, 9.17) is 0 Å². The number of nitrogens with one attached hydrogen (secondary N) is 1. The van der Waals surface area contributed by atoms with Crippen LogP contribution < -0.4 is 5.32 Å². The van der Waals surface area contributed by atoms with E-state index in [9.17, 15) is 14.7 Å². The third kappa shape index (κ3) is 5.00. The van der Waals surface area contributed by atoms with Gasteiger partial charge in [0.1, 0.15) is 0 Å². The second-order valence-corrected chi connectivity index (χ2v) is 7.09. The molecule has 0 bridgehead atoms. The molecule has 1 saturated carbocycles. The largest absolute Gasteiger partial charge is 0.481 e. The van der Waals surface area contributed by atoms with Gasteiger partial charge in [-0.2, -0.15) is 11.8 Å². The first-order valence-corrected chi connectivity index (χ1v) is 8.75. The molecular formula is C15H27NO3S. The lowest BCUT2D eigenvalue weighted by Crippen LogP contribution is -2.40. The van der Waals surface area contributed by atoms with Crippen molar-refractivity contribution in [2.45, 2.75) is 52.5 Å². The minimum atomic E-state index is -0.824. The molecule has 116 valence electrons. The van der Waals surface area contributed by atoms with Crippen LogP contribution in [-0.2, 0) is 9.59 Å². The van der Waals surface area contributed by atoms with Crippen molar-refractivity contribution in [3.8, 4) is 0 Å². The first-order chi connectivity index (χ1) is 9.49. The number of carboxylic acid groups (broad SMARTS) is 1. The molecule has 5 heteroatoms. The molecule has 1 fully saturated rings. The van der Waals surface area contributed by atoms with Crippen molar-refractivity contribution in [1.29, 1.82) is 0 Å². The summed E-state index contributed by atoms with van der Waals surface area (Å²) in [6.45, 7) is 6.18. The molecule has 0 aromatic rings. The van der Waals surface area contributed by atoms with Gasteiger partial charge in [-0.25, -0.2) is 0 Å². The zero-order valence-corrected chi connectivity index (χ0v) is 13.5. The average Bonchev–Trinajstić information content (AvgIpc) is 2.83. The number of thioether (sulfide) groups is 1. The highest BCUT2D eigenvalue weighted by Crippen LogP contribution is 2.38. The molecule has 0 heterocycles. The predicted octanol–water partition coefficient (Wildman–Crippen LogP) is 2.77. The summed E-state index contributed by atoms with van der Waals surface area (Å²) in [7, 11) is 0. The highest BCUT2D eigenvalue weighted by molar-refractivity contribution is 7.99. The monoisotopic (exact) mass is 301 g/mol. The van der Waals surface area contributed by atoms with E-state index < -0.39 is 11.9 Å². The smallest absolute Gasteiger partial charge is 0.307 e. The quantitative estimate of drug-likeness (QED) is 0.677. The SMILES string of the molecule is CCSCCC(C)NC(=O)C1CC(CC)CC1C(=O)O. The molecule has 1 amide bonds. The molecule has 4 nitrogen and oxygen atoms in total. The van der Waals surface area contributed by atoms with Crippen molar-refractivity contribution in [1.82, 2.24) is 5.32 Å². The molecule has 1 aliphatic rings. The molecule has 0 radical (unpaired) electrons. The van der Waals surface area contributed by atoms with Crippen LogP contribution in [0.3, 0.4) is 0 Å². The Morgan fingerprint density at radius 2 is 1.95 bits per heavy atom. The van der Waals surface area contributed by atoms with Crippen LogP contribution in [0.2, 0.25) is 0 Å². The summed E-state index contributed by atoms with van der Waals surface area (Å²) in [5.41, 5.74) is 0. The summed E-state index contributed by atoms with van der Waals surface area (Å²) >= 11 is 1.86. The number of rotatable bonds is 8. The van der Waals surface area contributed by atoms with E-state index >= 15 is 0 Å². The maximum Gasteiger partial charge on any atom is 0.307 e. The van der Waals surface area contributed by atoms with Gasteiger partial charge in [0.25, 0.3) is 0 Å². The van der Waals surface area contributed by atoms with E-state index in [1.54, 1.807) is 0 Å². The Kier molecular flexibility index (Phi) is 7.41. The standard InChI is InChI=1S/C15H27NO3S/c1-4-11-8-12(13(9-11)15(18)19)14(17)16-10(3)6-7-20-5-2/h10-13H,4-9H2,1-3H3,(H,16,17)(H,18,19). The Balaban J connectivity index is 2.50. The number of hydrogen-bond donors (Lipinski definition) is 2. The maximum atomic E-state index is 12.3. The second kappa shape index (κ2) is 8.55. The summed E-state index contributed by atoms with van der Waals surface area (Å²) in [4.78, 5) is 23.6. The van der Waals surface area contributed by atoms with E-state index in [1.165, 1.54) is 0 Å². The van der Waals surface area contributed by atoms with Crippen LogP contribution in [0.5, 0.6) is 0 Å². The van der Waals surface area contributed by atoms with Crippen LogP contribution in [0.25, 0.3) is 0 Å². The molecule has 0 saturated heterocycles. The Morgan fingerprint density at radius 1 is 1.30 bits per heavy atom. The third-order valence-electron chi connectivity index (χ3n) is 4.18. The highest BCUT2D eigenvalue weighted by Gasteiger charge is 2.42. The Hall–Kier alpha value is -0.710. The van der Waals surface area contributed by atoms with Crippen molar-refractivity contribution in [3.05, 3.63) is 0 Å². The molecule has 1 rings (SSSR count). The van der Waals surface area contributed by atoms with Crippen molar-refractivity contribution < 1.29 is 14.7 Å². The molecule has 20 heavy (non-hydrogen) atoms. The van der Waals surface area contributed by atoms with Crippen LogP contribution >= 0.6 is 11.8 Å². The Labute approximate surface area is 126 Å². The molecule has 0 aliphatic heterocycles.